The fourth-order valence-corrected chi connectivity index (χ4v) is 5.14. The minimum atomic E-state index is -3.21. The highest BCUT2D eigenvalue weighted by atomic mass is 32.2. The summed E-state index contributed by atoms with van der Waals surface area (Å²) in [5.74, 6) is 0.282. The van der Waals surface area contributed by atoms with Crippen LogP contribution in [0.1, 0.15) is 41.5 Å². The van der Waals surface area contributed by atoms with Crippen molar-refractivity contribution in [2.45, 2.75) is 46.2 Å². The number of sulfonamides is 1. The van der Waals surface area contributed by atoms with Crippen molar-refractivity contribution in [1.82, 2.24) is 13.8 Å². The summed E-state index contributed by atoms with van der Waals surface area (Å²) in [6, 6.07) is 1.95. The van der Waals surface area contributed by atoms with Gasteiger partial charge in [0.15, 0.2) is 0 Å². The molecule has 24 heavy (non-hydrogen) atoms. The topological polar surface area (TPSA) is 62.6 Å². The van der Waals surface area contributed by atoms with E-state index in [2.05, 4.69) is 11.5 Å². The van der Waals surface area contributed by atoms with Crippen LogP contribution in [0, 0.1) is 19.8 Å². The Hall–Kier alpha value is -1.34. The summed E-state index contributed by atoms with van der Waals surface area (Å²) >= 11 is 0. The molecule has 6 nitrogen and oxygen atoms in total. The number of rotatable bonds is 3. The zero-order chi connectivity index (χ0) is 17.6. The Labute approximate surface area is 144 Å². The van der Waals surface area contributed by atoms with Gasteiger partial charge < -0.3 is 9.47 Å². The van der Waals surface area contributed by atoms with Crippen LogP contribution in [0.4, 0.5) is 0 Å². The van der Waals surface area contributed by atoms with E-state index in [0.29, 0.717) is 19.6 Å². The number of hydrogen-bond acceptors (Lipinski definition) is 3. The molecule has 1 aromatic rings. The Morgan fingerprint density at radius 2 is 1.92 bits per heavy atom. The molecule has 0 saturated carbocycles. The number of amides is 1. The Kier molecular flexibility index (Phi) is 4.51. The van der Waals surface area contributed by atoms with Crippen LogP contribution in [0.5, 0.6) is 0 Å². The maximum absolute atomic E-state index is 13.1. The van der Waals surface area contributed by atoms with Gasteiger partial charge in [-0.15, -0.1) is 0 Å². The fourth-order valence-electron chi connectivity index (χ4n) is 4.22. The molecular formula is C17H27N3O3S. The number of carbonyl (C=O) groups excluding carboxylic acids is 1. The van der Waals surface area contributed by atoms with Crippen molar-refractivity contribution in [2.75, 3.05) is 25.9 Å². The van der Waals surface area contributed by atoms with Crippen molar-refractivity contribution >= 4 is 15.9 Å². The maximum atomic E-state index is 13.1. The lowest BCUT2D eigenvalue weighted by molar-refractivity contribution is 0.0588. The molecule has 3 aliphatic heterocycles. The molecule has 1 amide bonds. The van der Waals surface area contributed by atoms with Gasteiger partial charge in [-0.2, -0.15) is 4.31 Å². The van der Waals surface area contributed by atoms with Gasteiger partial charge in [-0.3, -0.25) is 4.79 Å². The summed E-state index contributed by atoms with van der Waals surface area (Å²) < 4.78 is 27.6. The number of aromatic nitrogens is 1. The molecule has 134 valence electrons. The number of nitrogens with zero attached hydrogens (tertiary/aromatic N) is 3. The molecule has 0 radical (unpaired) electrons. The number of carbonyl (C=O) groups is 1. The van der Waals surface area contributed by atoms with E-state index >= 15 is 0 Å². The third-order valence-corrected chi connectivity index (χ3v) is 6.77. The molecule has 4 rings (SSSR count). The number of piperidine rings is 1. The van der Waals surface area contributed by atoms with E-state index in [9.17, 15) is 13.2 Å². The molecule has 3 saturated heterocycles. The highest BCUT2D eigenvalue weighted by Crippen LogP contribution is 2.31. The van der Waals surface area contributed by atoms with Crippen LogP contribution in [0.3, 0.4) is 0 Å². The first-order valence-electron chi connectivity index (χ1n) is 8.65. The van der Waals surface area contributed by atoms with Crippen LogP contribution >= 0.6 is 0 Å². The molecule has 0 spiro atoms. The average Bonchev–Trinajstić information content (AvgIpc) is 2.71. The summed E-state index contributed by atoms with van der Waals surface area (Å²) in [4.78, 5) is 15.1. The summed E-state index contributed by atoms with van der Waals surface area (Å²) in [6.45, 7) is 8.55. The van der Waals surface area contributed by atoms with E-state index in [0.717, 1.165) is 36.3 Å². The normalized spacial score (nSPS) is 25.1. The molecule has 0 aromatic carbocycles. The van der Waals surface area contributed by atoms with Crippen LogP contribution < -0.4 is 0 Å². The van der Waals surface area contributed by atoms with Crippen molar-refractivity contribution < 1.29 is 13.2 Å². The van der Waals surface area contributed by atoms with E-state index in [1.54, 1.807) is 4.31 Å². The van der Waals surface area contributed by atoms with Gasteiger partial charge in [0.25, 0.3) is 5.91 Å². The number of aryl methyl sites for hydroxylation is 1. The average molecular weight is 353 g/mol. The molecule has 0 aliphatic carbocycles. The predicted octanol–water partition coefficient (Wildman–Crippen LogP) is 1.62. The standard InChI is InChI=1S/C17H27N3O3S/c1-5-19-12(2)8-16(13(19)3)17(21)20-10-14-6-7-15(20)11-18(9-14)24(4,22)23/h8,14-15H,5-7,9-11H2,1-4H3/t14-,15+/m0/s1. The van der Waals surface area contributed by atoms with Gasteiger partial charge >= 0.3 is 0 Å². The Morgan fingerprint density at radius 3 is 2.50 bits per heavy atom. The molecule has 4 heterocycles. The van der Waals surface area contributed by atoms with Gasteiger partial charge in [0, 0.05) is 43.6 Å². The van der Waals surface area contributed by atoms with E-state index in [-0.39, 0.29) is 17.9 Å². The zero-order valence-corrected chi connectivity index (χ0v) is 15.8. The summed E-state index contributed by atoms with van der Waals surface area (Å²) in [7, 11) is -3.21. The molecule has 1 aromatic heterocycles. The van der Waals surface area contributed by atoms with Crippen LogP contribution in [-0.2, 0) is 16.6 Å². The molecule has 3 fully saturated rings. The van der Waals surface area contributed by atoms with Gasteiger partial charge in [0.05, 0.1) is 11.8 Å². The van der Waals surface area contributed by atoms with Crippen LogP contribution in [0.15, 0.2) is 6.07 Å². The lowest BCUT2D eigenvalue weighted by Crippen LogP contribution is -2.47. The highest BCUT2D eigenvalue weighted by molar-refractivity contribution is 7.88. The van der Waals surface area contributed by atoms with Crippen molar-refractivity contribution in [3.8, 4) is 0 Å². The maximum Gasteiger partial charge on any atom is 0.255 e. The summed E-state index contributed by atoms with van der Waals surface area (Å²) in [5.41, 5.74) is 2.85. The first-order chi connectivity index (χ1) is 11.2. The van der Waals surface area contributed by atoms with Gasteiger partial charge in [-0.25, -0.2) is 8.42 Å². The molecular weight excluding hydrogens is 326 g/mol. The van der Waals surface area contributed by atoms with Crippen LogP contribution in [0.25, 0.3) is 0 Å². The van der Waals surface area contributed by atoms with Crippen molar-refractivity contribution in [3.05, 3.63) is 23.0 Å². The zero-order valence-electron chi connectivity index (χ0n) is 14.9. The van der Waals surface area contributed by atoms with E-state index in [4.69, 9.17) is 0 Å². The monoisotopic (exact) mass is 353 g/mol. The second-order valence-electron chi connectivity index (χ2n) is 7.16. The number of hydrogen-bond donors (Lipinski definition) is 0. The third kappa shape index (κ3) is 2.99. The van der Waals surface area contributed by atoms with E-state index < -0.39 is 10.0 Å². The second-order valence-corrected chi connectivity index (χ2v) is 9.15. The third-order valence-electron chi connectivity index (χ3n) is 5.53. The second kappa shape index (κ2) is 6.19. The van der Waals surface area contributed by atoms with Gasteiger partial charge in [0.1, 0.15) is 0 Å². The van der Waals surface area contributed by atoms with Crippen LogP contribution in [-0.4, -0.2) is 60.0 Å². The van der Waals surface area contributed by atoms with Gasteiger partial charge in [0.2, 0.25) is 10.0 Å². The molecule has 7 heteroatoms. The van der Waals surface area contributed by atoms with Crippen LogP contribution in [0.2, 0.25) is 0 Å². The molecule has 0 unspecified atom stereocenters. The lowest BCUT2D eigenvalue weighted by atomic mass is 9.94. The molecule has 2 atom stereocenters. The van der Waals surface area contributed by atoms with Crippen molar-refractivity contribution in [3.63, 3.8) is 0 Å². The Balaban J connectivity index is 1.89. The van der Waals surface area contributed by atoms with Crippen molar-refractivity contribution in [1.29, 1.82) is 0 Å². The Bertz CT molecular complexity index is 753. The first-order valence-corrected chi connectivity index (χ1v) is 10.5. The Morgan fingerprint density at radius 1 is 1.21 bits per heavy atom. The first kappa shape index (κ1) is 17.5. The highest BCUT2D eigenvalue weighted by Gasteiger charge is 2.40. The SMILES string of the molecule is CCn1c(C)cc(C(=O)N2C[C@H]3CC[C@@H]2CN(S(C)(=O)=O)C3)c1C. The summed E-state index contributed by atoms with van der Waals surface area (Å²) in [5, 5.41) is 0. The minimum absolute atomic E-state index is 0.0179. The minimum Gasteiger partial charge on any atom is -0.349 e. The largest absolute Gasteiger partial charge is 0.349 e. The smallest absolute Gasteiger partial charge is 0.255 e. The number of fused-ring (bicyclic) bond motifs is 4. The predicted molar refractivity (Wildman–Crippen MR) is 93.5 cm³/mol. The van der Waals surface area contributed by atoms with E-state index in [1.165, 1.54) is 6.26 Å². The molecule has 2 bridgehead atoms. The van der Waals surface area contributed by atoms with Gasteiger partial charge in [-0.1, -0.05) is 0 Å². The van der Waals surface area contributed by atoms with E-state index in [1.807, 2.05) is 24.8 Å². The van der Waals surface area contributed by atoms with Crippen molar-refractivity contribution in [2.24, 2.45) is 5.92 Å². The molecule has 3 aliphatic rings. The quantitative estimate of drug-likeness (QED) is 0.829. The molecule has 0 N–H and O–H groups in total. The summed E-state index contributed by atoms with van der Waals surface area (Å²) in [6.07, 6.45) is 3.14. The lowest BCUT2D eigenvalue weighted by Gasteiger charge is -2.36. The fraction of sp³-hybridized carbons (Fsp3) is 0.706. The van der Waals surface area contributed by atoms with Gasteiger partial charge in [-0.05, 0) is 45.6 Å².